The average Bonchev–Trinajstić information content (AvgIpc) is 2.82. The van der Waals surface area contributed by atoms with E-state index in [1.807, 2.05) is 18.0 Å². The Morgan fingerprint density at radius 2 is 2.44 bits per heavy atom. The second-order valence-corrected chi connectivity index (χ2v) is 6.92. The first-order valence-electron chi connectivity index (χ1n) is 6.09. The third kappa shape index (κ3) is 2.99. The molecule has 1 saturated carbocycles. The van der Waals surface area contributed by atoms with Gasteiger partial charge in [-0.1, -0.05) is 31.5 Å². The van der Waals surface area contributed by atoms with E-state index >= 15 is 0 Å². The zero-order valence-electron chi connectivity index (χ0n) is 9.76. The van der Waals surface area contributed by atoms with E-state index in [9.17, 15) is 0 Å². The third-order valence-corrected chi connectivity index (χ3v) is 5.91. The maximum Gasteiger partial charge on any atom is 0.150 e. The molecule has 0 aliphatic heterocycles. The van der Waals surface area contributed by atoms with Crippen LogP contribution < -0.4 is 5.73 Å². The molecular weight excluding hydrogens is 236 g/mol. The van der Waals surface area contributed by atoms with Gasteiger partial charge in [-0.25, -0.2) is 4.98 Å². The molecule has 2 rings (SSSR count). The SMILES string of the molecule is CCC1CCC(CN)C(Sc2nccs2)C1. The van der Waals surface area contributed by atoms with Gasteiger partial charge in [-0.15, -0.1) is 11.3 Å². The first-order chi connectivity index (χ1) is 7.83. The van der Waals surface area contributed by atoms with Crippen LogP contribution >= 0.6 is 23.1 Å². The number of rotatable bonds is 4. The van der Waals surface area contributed by atoms with Crippen molar-refractivity contribution >= 4 is 23.1 Å². The van der Waals surface area contributed by atoms with Crippen molar-refractivity contribution in [2.75, 3.05) is 6.54 Å². The van der Waals surface area contributed by atoms with Crippen molar-refractivity contribution in [3.8, 4) is 0 Å². The van der Waals surface area contributed by atoms with Crippen molar-refractivity contribution in [1.82, 2.24) is 4.98 Å². The lowest BCUT2D eigenvalue weighted by molar-refractivity contribution is 0.284. The Morgan fingerprint density at radius 3 is 3.06 bits per heavy atom. The van der Waals surface area contributed by atoms with Crippen LogP contribution in [-0.2, 0) is 0 Å². The molecule has 0 bridgehead atoms. The summed E-state index contributed by atoms with van der Waals surface area (Å²) < 4.78 is 1.21. The number of hydrogen-bond acceptors (Lipinski definition) is 4. The van der Waals surface area contributed by atoms with E-state index in [4.69, 9.17) is 5.73 Å². The monoisotopic (exact) mass is 256 g/mol. The highest BCUT2D eigenvalue weighted by Crippen LogP contribution is 2.40. The van der Waals surface area contributed by atoms with Crippen molar-refractivity contribution in [3.63, 3.8) is 0 Å². The number of aromatic nitrogens is 1. The van der Waals surface area contributed by atoms with Gasteiger partial charge in [-0.05, 0) is 31.2 Å². The first kappa shape index (κ1) is 12.4. The molecule has 1 aromatic rings. The van der Waals surface area contributed by atoms with Gasteiger partial charge < -0.3 is 5.73 Å². The number of nitrogens with zero attached hydrogens (tertiary/aromatic N) is 1. The molecule has 4 heteroatoms. The van der Waals surface area contributed by atoms with Gasteiger partial charge in [0.05, 0.1) is 0 Å². The Hall–Kier alpha value is -0.0600. The van der Waals surface area contributed by atoms with Gasteiger partial charge >= 0.3 is 0 Å². The van der Waals surface area contributed by atoms with Crippen molar-refractivity contribution in [2.45, 2.75) is 42.2 Å². The van der Waals surface area contributed by atoms with E-state index in [2.05, 4.69) is 17.3 Å². The van der Waals surface area contributed by atoms with Crippen LogP contribution in [0.4, 0.5) is 0 Å². The van der Waals surface area contributed by atoms with E-state index in [-0.39, 0.29) is 0 Å². The number of hydrogen-bond donors (Lipinski definition) is 1. The Morgan fingerprint density at radius 1 is 1.56 bits per heavy atom. The summed E-state index contributed by atoms with van der Waals surface area (Å²) >= 11 is 3.70. The molecule has 16 heavy (non-hydrogen) atoms. The minimum absolute atomic E-state index is 0.690. The molecular formula is C12H20N2S2. The van der Waals surface area contributed by atoms with Crippen LogP contribution in [0.3, 0.4) is 0 Å². The summed E-state index contributed by atoms with van der Waals surface area (Å²) in [6, 6.07) is 0. The fourth-order valence-electron chi connectivity index (χ4n) is 2.46. The van der Waals surface area contributed by atoms with E-state index < -0.39 is 0 Å². The average molecular weight is 256 g/mol. The van der Waals surface area contributed by atoms with E-state index in [1.165, 1.54) is 30.0 Å². The number of nitrogens with two attached hydrogens (primary N) is 1. The van der Waals surface area contributed by atoms with Gasteiger partial charge in [0.2, 0.25) is 0 Å². The lowest BCUT2D eigenvalue weighted by Crippen LogP contribution is -2.32. The number of thiazole rings is 1. The van der Waals surface area contributed by atoms with Crippen LogP contribution in [0.1, 0.15) is 32.6 Å². The molecule has 0 aromatic carbocycles. The second-order valence-electron chi connectivity index (χ2n) is 4.54. The Kier molecular flexibility index (Phi) is 4.67. The van der Waals surface area contributed by atoms with Crippen LogP contribution in [0.15, 0.2) is 15.9 Å². The van der Waals surface area contributed by atoms with Gasteiger partial charge in [-0.2, -0.15) is 0 Å². The van der Waals surface area contributed by atoms with Gasteiger partial charge in [0, 0.05) is 16.8 Å². The molecule has 0 radical (unpaired) electrons. The minimum atomic E-state index is 0.690. The predicted octanol–water partition coefficient (Wildman–Crippen LogP) is 3.39. The van der Waals surface area contributed by atoms with Crippen molar-refractivity contribution < 1.29 is 0 Å². The summed E-state index contributed by atoms with van der Waals surface area (Å²) in [6.07, 6.45) is 7.20. The zero-order chi connectivity index (χ0) is 11.4. The molecule has 1 heterocycles. The quantitative estimate of drug-likeness (QED) is 0.897. The lowest BCUT2D eigenvalue weighted by atomic mass is 9.80. The van der Waals surface area contributed by atoms with Gasteiger partial charge in [0.15, 0.2) is 0 Å². The molecule has 0 spiro atoms. The smallest absolute Gasteiger partial charge is 0.150 e. The van der Waals surface area contributed by atoms with Gasteiger partial charge in [0.1, 0.15) is 4.34 Å². The molecule has 2 N–H and O–H groups in total. The lowest BCUT2D eigenvalue weighted by Gasteiger charge is -2.34. The van der Waals surface area contributed by atoms with E-state index in [0.29, 0.717) is 11.2 Å². The molecule has 3 atom stereocenters. The maximum atomic E-state index is 5.88. The molecule has 1 fully saturated rings. The molecule has 2 nitrogen and oxygen atoms in total. The summed E-state index contributed by atoms with van der Waals surface area (Å²) in [6.45, 7) is 3.14. The summed E-state index contributed by atoms with van der Waals surface area (Å²) in [5, 5.41) is 2.75. The largest absolute Gasteiger partial charge is 0.330 e. The van der Waals surface area contributed by atoms with Crippen LogP contribution in [0.25, 0.3) is 0 Å². The molecule has 0 saturated heterocycles. The third-order valence-electron chi connectivity index (χ3n) is 3.58. The highest BCUT2D eigenvalue weighted by Gasteiger charge is 2.30. The van der Waals surface area contributed by atoms with E-state index in [0.717, 1.165) is 12.5 Å². The summed E-state index contributed by atoms with van der Waals surface area (Å²) in [4.78, 5) is 4.37. The first-order valence-corrected chi connectivity index (χ1v) is 7.85. The molecule has 0 amide bonds. The van der Waals surface area contributed by atoms with Crippen LogP contribution in [-0.4, -0.2) is 16.8 Å². The zero-order valence-corrected chi connectivity index (χ0v) is 11.4. The van der Waals surface area contributed by atoms with Crippen molar-refractivity contribution in [1.29, 1.82) is 0 Å². The second kappa shape index (κ2) is 6.03. The van der Waals surface area contributed by atoms with Crippen LogP contribution in [0.5, 0.6) is 0 Å². The van der Waals surface area contributed by atoms with Crippen molar-refractivity contribution in [3.05, 3.63) is 11.6 Å². The minimum Gasteiger partial charge on any atom is -0.330 e. The van der Waals surface area contributed by atoms with E-state index in [1.54, 1.807) is 11.3 Å². The highest BCUT2D eigenvalue weighted by molar-refractivity contribution is 8.01. The predicted molar refractivity (Wildman–Crippen MR) is 71.9 cm³/mol. The Balaban J connectivity index is 1.97. The fraction of sp³-hybridized carbons (Fsp3) is 0.750. The molecule has 1 aliphatic rings. The molecule has 90 valence electrons. The summed E-state index contributed by atoms with van der Waals surface area (Å²) in [7, 11) is 0. The van der Waals surface area contributed by atoms with Crippen molar-refractivity contribution in [2.24, 2.45) is 17.6 Å². The van der Waals surface area contributed by atoms with Gasteiger partial charge in [-0.3, -0.25) is 0 Å². The normalized spacial score (nSPS) is 30.5. The summed E-state index contributed by atoms with van der Waals surface area (Å²) in [5.74, 6) is 1.59. The molecule has 1 aromatic heterocycles. The summed E-state index contributed by atoms with van der Waals surface area (Å²) in [5.41, 5.74) is 5.88. The molecule has 3 unspecified atom stereocenters. The van der Waals surface area contributed by atoms with Crippen LogP contribution in [0.2, 0.25) is 0 Å². The topological polar surface area (TPSA) is 38.9 Å². The number of thioether (sulfide) groups is 1. The molecule has 1 aliphatic carbocycles. The van der Waals surface area contributed by atoms with Gasteiger partial charge in [0.25, 0.3) is 0 Å². The Labute approximate surface area is 106 Å². The fourth-order valence-corrected chi connectivity index (χ4v) is 4.77. The maximum absolute atomic E-state index is 5.88. The standard InChI is InChI=1S/C12H20N2S2/c1-2-9-3-4-10(8-13)11(7-9)16-12-14-5-6-15-12/h5-6,9-11H,2-4,7-8,13H2,1H3. The highest BCUT2D eigenvalue weighted by atomic mass is 32.2. The Bertz CT molecular complexity index is 300. The van der Waals surface area contributed by atoms with Crippen LogP contribution in [0, 0.1) is 11.8 Å².